The lowest BCUT2D eigenvalue weighted by Gasteiger charge is -2.09. The minimum atomic E-state index is -0.391. The third kappa shape index (κ3) is 4.58. The van der Waals surface area contributed by atoms with Crippen LogP contribution < -0.4 is 10.7 Å². The van der Waals surface area contributed by atoms with Crippen LogP contribution >= 0.6 is 15.9 Å². The number of anilines is 1. The van der Waals surface area contributed by atoms with E-state index >= 15 is 0 Å². The van der Waals surface area contributed by atoms with Gasteiger partial charge in [-0.05, 0) is 53.1 Å². The Balaban J connectivity index is 1.36. The van der Waals surface area contributed by atoms with Gasteiger partial charge >= 0.3 is 6.03 Å². The number of hydrogen-bond acceptors (Lipinski definition) is 2. The molecule has 6 heteroatoms. The predicted octanol–water partition coefficient (Wildman–Crippen LogP) is 7.07. The van der Waals surface area contributed by atoms with Gasteiger partial charge in [0, 0.05) is 39.4 Å². The second kappa shape index (κ2) is 9.53. The zero-order chi connectivity index (χ0) is 23.5. The van der Waals surface area contributed by atoms with E-state index in [1.165, 1.54) is 16.3 Å². The number of fused-ring (bicyclic) bond motifs is 2. The van der Waals surface area contributed by atoms with Crippen molar-refractivity contribution in [1.29, 1.82) is 0 Å². The predicted molar refractivity (Wildman–Crippen MR) is 144 cm³/mol. The highest BCUT2D eigenvalue weighted by atomic mass is 79.9. The Bertz CT molecular complexity index is 1530. The molecule has 1 aromatic heterocycles. The first-order valence-electron chi connectivity index (χ1n) is 11.0. The second-order valence-corrected chi connectivity index (χ2v) is 9.01. The molecule has 0 spiro atoms. The van der Waals surface area contributed by atoms with Gasteiger partial charge in [0.25, 0.3) is 0 Å². The second-order valence-electron chi connectivity index (χ2n) is 8.16. The quantitative estimate of drug-likeness (QED) is 0.193. The first-order valence-corrected chi connectivity index (χ1v) is 11.8. The van der Waals surface area contributed by atoms with E-state index in [4.69, 9.17) is 0 Å². The van der Waals surface area contributed by atoms with E-state index < -0.39 is 6.03 Å². The van der Waals surface area contributed by atoms with Crippen molar-refractivity contribution in [2.75, 3.05) is 5.32 Å². The Kier molecular flexibility index (Phi) is 6.14. The van der Waals surface area contributed by atoms with E-state index in [0.29, 0.717) is 5.69 Å². The van der Waals surface area contributed by atoms with Crippen molar-refractivity contribution in [3.8, 4) is 0 Å². The summed E-state index contributed by atoms with van der Waals surface area (Å²) in [6, 6.07) is 28.3. The summed E-state index contributed by atoms with van der Waals surface area (Å²) in [6.07, 6.45) is 3.77. The van der Waals surface area contributed by atoms with Crippen LogP contribution in [0.3, 0.4) is 0 Å². The number of nitrogens with one attached hydrogen (secondary N) is 2. The number of carbonyl (C=O) groups excluding carboxylic acids is 1. The zero-order valence-electron chi connectivity index (χ0n) is 18.6. The Morgan fingerprint density at radius 2 is 1.74 bits per heavy atom. The van der Waals surface area contributed by atoms with Crippen LogP contribution in [0.25, 0.3) is 21.7 Å². The first kappa shape index (κ1) is 21.9. The van der Waals surface area contributed by atoms with Crippen LogP contribution in [0.4, 0.5) is 10.5 Å². The van der Waals surface area contributed by atoms with E-state index in [1.54, 1.807) is 6.21 Å². The fourth-order valence-corrected chi connectivity index (χ4v) is 4.41. The van der Waals surface area contributed by atoms with Crippen LogP contribution in [0.2, 0.25) is 0 Å². The van der Waals surface area contributed by atoms with Gasteiger partial charge in [-0.15, -0.1) is 0 Å². The molecule has 2 amide bonds. The summed E-state index contributed by atoms with van der Waals surface area (Å²) in [5, 5.41) is 10.5. The molecule has 0 aliphatic rings. The van der Waals surface area contributed by atoms with Crippen molar-refractivity contribution in [2.45, 2.75) is 13.5 Å². The van der Waals surface area contributed by atoms with Crippen molar-refractivity contribution in [3.63, 3.8) is 0 Å². The maximum Gasteiger partial charge on any atom is 0.339 e. The van der Waals surface area contributed by atoms with E-state index in [0.717, 1.165) is 33.0 Å². The molecule has 0 aliphatic heterocycles. The molecule has 168 valence electrons. The summed E-state index contributed by atoms with van der Waals surface area (Å²) in [7, 11) is 0. The fourth-order valence-electron chi connectivity index (χ4n) is 4.16. The molecule has 4 aromatic carbocycles. The standard InChI is InChI=1S/C28H23BrN4O/c1-19-15-23(13-14-26(19)29)31-28(34)32-30-16-22-18-33(27-12-5-4-11-25(22)27)17-21-9-6-8-20-7-2-3-10-24(20)21/h2-16,18H,17H2,1H3,(H2,31,32,34)/b30-16+. The largest absolute Gasteiger partial charge is 0.342 e. The molecule has 2 N–H and O–H groups in total. The van der Waals surface area contributed by atoms with Crippen LogP contribution in [0.5, 0.6) is 0 Å². The van der Waals surface area contributed by atoms with Crippen molar-refractivity contribution >= 4 is 55.5 Å². The molecule has 0 saturated heterocycles. The maximum absolute atomic E-state index is 12.3. The van der Waals surface area contributed by atoms with Gasteiger partial charge in [-0.1, -0.05) is 76.6 Å². The summed E-state index contributed by atoms with van der Waals surface area (Å²) in [5.74, 6) is 0. The van der Waals surface area contributed by atoms with Crippen molar-refractivity contribution < 1.29 is 4.79 Å². The van der Waals surface area contributed by atoms with E-state index in [2.05, 4.69) is 97.1 Å². The van der Waals surface area contributed by atoms with Gasteiger partial charge < -0.3 is 9.88 Å². The van der Waals surface area contributed by atoms with Crippen LogP contribution in [-0.2, 0) is 6.54 Å². The Labute approximate surface area is 206 Å². The number of hydrogen-bond donors (Lipinski definition) is 2. The molecule has 0 unspecified atom stereocenters. The molecule has 0 aliphatic carbocycles. The number of para-hydroxylation sites is 1. The highest BCUT2D eigenvalue weighted by molar-refractivity contribution is 9.10. The minimum absolute atomic E-state index is 0.391. The van der Waals surface area contributed by atoms with Crippen LogP contribution in [0, 0.1) is 6.92 Å². The average Bonchev–Trinajstić information content (AvgIpc) is 3.19. The number of halogens is 1. The number of carbonyl (C=O) groups is 1. The van der Waals surface area contributed by atoms with E-state index in [1.807, 2.05) is 37.3 Å². The fraction of sp³-hybridized carbons (Fsp3) is 0.0714. The number of hydrazone groups is 1. The molecule has 34 heavy (non-hydrogen) atoms. The number of urea groups is 1. The molecule has 0 atom stereocenters. The number of benzene rings is 4. The molecule has 0 saturated carbocycles. The summed E-state index contributed by atoms with van der Waals surface area (Å²) in [4.78, 5) is 12.3. The molecule has 5 aromatic rings. The Morgan fingerprint density at radius 3 is 2.59 bits per heavy atom. The number of rotatable bonds is 5. The lowest BCUT2D eigenvalue weighted by Crippen LogP contribution is -2.24. The number of aryl methyl sites for hydroxylation is 1. The lowest BCUT2D eigenvalue weighted by molar-refractivity contribution is 0.252. The maximum atomic E-state index is 12.3. The third-order valence-electron chi connectivity index (χ3n) is 5.83. The van der Waals surface area contributed by atoms with E-state index in [9.17, 15) is 4.79 Å². The molecule has 0 bridgehead atoms. The first-order chi connectivity index (χ1) is 16.6. The molecule has 5 rings (SSSR count). The average molecular weight is 511 g/mol. The Hall–Kier alpha value is -3.90. The van der Waals surface area contributed by atoms with Gasteiger partial charge in [-0.3, -0.25) is 0 Å². The topological polar surface area (TPSA) is 58.4 Å². The lowest BCUT2D eigenvalue weighted by atomic mass is 10.0. The van der Waals surface area contributed by atoms with Crippen molar-refractivity contribution in [3.05, 3.63) is 112 Å². The highest BCUT2D eigenvalue weighted by Crippen LogP contribution is 2.24. The smallest absolute Gasteiger partial charge is 0.339 e. The zero-order valence-corrected chi connectivity index (χ0v) is 20.2. The summed E-state index contributed by atoms with van der Waals surface area (Å²) in [5.41, 5.74) is 7.62. The Morgan fingerprint density at radius 1 is 0.971 bits per heavy atom. The molecular formula is C28H23BrN4O. The number of amides is 2. The van der Waals surface area contributed by atoms with Gasteiger partial charge in [0.15, 0.2) is 0 Å². The summed E-state index contributed by atoms with van der Waals surface area (Å²) in [6.45, 7) is 2.71. The SMILES string of the molecule is Cc1cc(NC(=O)N/N=C/c2cn(Cc3cccc4ccccc34)c3ccccc23)ccc1Br. The molecule has 5 nitrogen and oxygen atoms in total. The van der Waals surface area contributed by atoms with Crippen LogP contribution in [0.15, 0.2) is 101 Å². The monoisotopic (exact) mass is 510 g/mol. The van der Waals surface area contributed by atoms with E-state index in [-0.39, 0.29) is 0 Å². The van der Waals surface area contributed by atoms with Crippen molar-refractivity contribution in [2.24, 2.45) is 5.10 Å². The third-order valence-corrected chi connectivity index (χ3v) is 6.72. The molecule has 0 fully saturated rings. The minimum Gasteiger partial charge on any atom is -0.342 e. The van der Waals surface area contributed by atoms with Gasteiger partial charge in [-0.25, -0.2) is 10.2 Å². The highest BCUT2D eigenvalue weighted by Gasteiger charge is 2.09. The van der Waals surface area contributed by atoms with Gasteiger partial charge in [0.05, 0.1) is 6.21 Å². The summed E-state index contributed by atoms with van der Waals surface area (Å²) >= 11 is 3.46. The van der Waals surface area contributed by atoms with Crippen LogP contribution in [0.1, 0.15) is 16.7 Å². The molecule has 1 heterocycles. The van der Waals surface area contributed by atoms with Crippen molar-refractivity contribution in [1.82, 2.24) is 9.99 Å². The molecule has 0 radical (unpaired) electrons. The molecular weight excluding hydrogens is 488 g/mol. The van der Waals surface area contributed by atoms with Gasteiger partial charge in [-0.2, -0.15) is 5.10 Å². The van der Waals surface area contributed by atoms with Gasteiger partial charge in [0.1, 0.15) is 0 Å². The number of nitrogens with zero attached hydrogens (tertiary/aromatic N) is 2. The number of aromatic nitrogens is 1. The van der Waals surface area contributed by atoms with Gasteiger partial charge in [0.2, 0.25) is 0 Å². The normalized spacial score (nSPS) is 11.4. The van der Waals surface area contributed by atoms with Crippen LogP contribution in [-0.4, -0.2) is 16.8 Å². The summed E-state index contributed by atoms with van der Waals surface area (Å²) < 4.78 is 3.22.